The number of aryl methyl sites for hydroxylation is 1. The molecule has 0 unspecified atom stereocenters. The molecule has 2 rings (SSSR count). The Hall–Kier alpha value is -2.13. The lowest BCUT2D eigenvalue weighted by Crippen LogP contribution is -2.18. The predicted octanol–water partition coefficient (Wildman–Crippen LogP) is 3.18. The average molecular weight is 255 g/mol. The third-order valence-corrected chi connectivity index (χ3v) is 3.06. The van der Waals surface area contributed by atoms with E-state index in [0.29, 0.717) is 6.42 Å². The van der Waals surface area contributed by atoms with Crippen molar-refractivity contribution in [2.24, 2.45) is 0 Å². The van der Waals surface area contributed by atoms with E-state index in [-0.39, 0.29) is 5.91 Å². The summed E-state index contributed by atoms with van der Waals surface area (Å²) in [7, 11) is 0. The fourth-order valence-corrected chi connectivity index (χ4v) is 2.00. The zero-order valence-corrected chi connectivity index (χ0v) is 10.7. The molecular formula is C16H17NO2. The Balaban J connectivity index is 1.94. The van der Waals surface area contributed by atoms with E-state index in [0.717, 1.165) is 12.8 Å². The topological polar surface area (TPSA) is 49.3 Å². The van der Waals surface area contributed by atoms with Crippen molar-refractivity contribution in [1.29, 1.82) is 0 Å². The fourth-order valence-electron chi connectivity index (χ4n) is 2.00. The van der Waals surface area contributed by atoms with Crippen LogP contribution in [-0.2, 0) is 11.2 Å². The highest BCUT2D eigenvalue weighted by Gasteiger charge is 2.01. The molecular weight excluding hydrogens is 238 g/mol. The summed E-state index contributed by atoms with van der Waals surface area (Å²) >= 11 is 0. The molecule has 19 heavy (non-hydrogen) atoms. The minimum absolute atomic E-state index is 0.332. The monoisotopic (exact) mass is 255 g/mol. The second-order valence-corrected chi connectivity index (χ2v) is 4.45. The second kappa shape index (κ2) is 6.71. The first-order valence-corrected chi connectivity index (χ1v) is 6.37. The van der Waals surface area contributed by atoms with Crippen molar-refractivity contribution < 1.29 is 10.0 Å². The van der Waals surface area contributed by atoms with Gasteiger partial charge in [0.1, 0.15) is 0 Å². The normalized spacial score (nSPS) is 10.2. The van der Waals surface area contributed by atoms with Crippen LogP contribution in [0.2, 0.25) is 0 Å². The van der Waals surface area contributed by atoms with Crippen LogP contribution in [0.5, 0.6) is 0 Å². The van der Waals surface area contributed by atoms with Gasteiger partial charge in [-0.3, -0.25) is 10.0 Å². The standard InChI is InChI=1S/C16H17NO2/c18-16(17-19)8-4-5-13-9-11-15(12-10-13)14-6-2-1-3-7-14/h1-3,6-7,9-12,19H,4-5,8H2,(H,17,18). The zero-order valence-electron chi connectivity index (χ0n) is 10.7. The first-order valence-electron chi connectivity index (χ1n) is 6.37. The van der Waals surface area contributed by atoms with Gasteiger partial charge in [0.15, 0.2) is 0 Å². The summed E-state index contributed by atoms with van der Waals surface area (Å²) < 4.78 is 0. The van der Waals surface area contributed by atoms with Crippen LogP contribution in [-0.4, -0.2) is 11.1 Å². The Labute approximate surface area is 112 Å². The lowest BCUT2D eigenvalue weighted by Gasteiger charge is -2.04. The number of amides is 1. The number of benzene rings is 2. The molecule has 98 valence electrons. The number of hydrogen-bond acceptors (Lipinski definition) is 2. The molecule has 0 saturated carbocycles. The fraction of sp³-hybridized carbons (Fsp3) is 0.188. The van der Waals surface area contributed by atoms with Crippen LogP contribution in [0.1, 0.15) is 18.4 Å². The van der Waals surface area contributed by atoms with Crippen LogP contribution < -0.4 is 5.48 Å². The Bertz CT molecular complexity index is 520. The first kappa shape index (κ1) is 13.3. The van der Waals surface area contributed by atoms with Gasteiger partial charge in [0.25, 0.3) is 0 Å². The molecule has 1 amide bonds. The first-order chi connectivity index (χ1) is 9.29. The van der Waals surface area contributed by atoms with Gasteiger partial charge in [0.2, 0.25) is 5.91 Å². The van der Waals surface area contributed by atoms with Gasteiger partial charge in [0.05, 0.1) is 0 Å². The number of nitrogens with one attached hydrogen (secondary N) is 1. The maximum absolute atomic E-state index is 10.9. The quantitative estimate of drug-likeness (QED) is 0.636. The van der Waals surface area contributed by atoms with Crippen LogP contribution >= 0.6 is 0 Å². The van der Waals surface area contributed by atoms with Gasteiger partial charge in [0, 0.05) is 6.42 Å². The van der Waals surface area contributed by atoms with Gasteiger partial charge in [-0.2, -0.15) is 0 Å². The Morgan fingerprint density at radius 1 is 0.947 bits per heavy atom. The summed E-state index contributed by atoms with van der Waals surface area (Å²) in [5, 5.41) is 8.39. The Morgan fingerprint density at radius 3 is 2.21 bits per heavy atom. The molecule has 2 aromatic carbocycles. The van der Waals surface area contributed by atoms with Crippen LogP contribution in [0.25, 0.3) is 11.1 Å². The van der Waals surface area contributed by atoms with E-state index in [1.54, 1.807) is 5.48 Å². The summed E-state index contributed by atoms with van der Waals surface area (Å²) in [4.78, 5) is 10.9. The van der Waals surface area contributed by atoms with E-state index in [9.17, 15) is 4.79 Å². The van der Waals surface area contributed by atoms with Crippen molar-refractivity contribution in [2.75, 3.05) is 0 Å². The van der Waals surface area contributed by atoms with Gasteiger partial charge in [-0.05, 0) is 29.5 Å². The number of hydrogen-bond donors (Lipinski definition) is 2. The second-order valence-electron chi connectivity index (χ2n) is 4.45. The zero-order chi connectivity index (χ0) is 13.5. The molecule has 0 bridgehead atoms. The van der Waals surface area contributed by atoms with Crippen LogP contribution in [0, 0.1) is 0 Å². The van der Waals surface area contributed by atoms with E-state index in [2.05, 4.69) is 36.4 Å². The van der Waals surface area contributed by atoms with E-state index >= 15 is 0 Å². The van der Waals surface area contributed by atoms with Gasteiger partial charge >= 0.3 is 0 Å². The molecule has 0 atom stereocenters. The lowest BCUT2D eigenvalue weighted by molar-refractivity contribution is -0.129. The van der Waals surface area contributed by atoms with Gasteiger partial charge < -0.3 is 0 Å². The minimum Gasteiger partial charge on any atom is -0.289 e. The molecule has 0 aliphatic carbocycles. The molecule has 2 aromatic rings. The van der Waals surface area contributed by atoms with Crippen molar-refractivity contribution in [3.8, 4) is 11.1 Å². The summed E-state index contributed by atoms with van der Waals surface area (Å²) in [6.45, 7) is 0. The summed E-state index contributed by atoms with van der Waals surface area (Å²) in [6.07, 6.45) is 1.91. The Morgan fingerprint density at radius 2 is 1.58 bits per heavy atom. The molecule has 2 N–H and O–H groups in total. The molecule has 3 nitrogen and oxygen atoms in total. The van der Waals surface area contributed by atoms with Crippen molar-refractivity contribution in [3.05, 3.63) is 60.2 Å². The van der Waals surface area contributed by atoms with Crippen LogP contribution in [0.4, 0.5) is 0 Å². The molecule has 0 radical (unpaired) electrons. The van der Waals surface area contributed by atoms with Crippen molar-refractivity contribution >= 4 is 5.91 Å². The maximum atomic E-state index is 10.9. The highest BCUT2D eigenvalue weighted by atomic mass is 16.5. The maximum Gasteiger partial charge on any atom is 0.243 e. The molecule has 3 heteroatoms. The lowest BCUT2D eigenvalue weighted by atomic mass is 10.0. The third-order valence-electron chi connectivity index (χ3n) is 3.06. The molecule has 0 aliphatic heterocycles. The molecule has 0 heterocycles. The van der Waals surface area contributed by atoms with Crippen molar-refractivity contribution in [1.82, 2.24) is 5.48 Å². The molecule has 0 saturated heterocycles. The summed E-state index contributed by atoms with van der Waals surface area (Å²) in [6, 6.07) is 18.6. The average Bonchev–Trinajstić information content (AvgIpc) is 2.48. The Kier molecular flexibility index (Phi) is 4.70. The molecule has 0 aliphatic rings. The van der Waals surface area contributed by atoms with Crippen LogP contribution in [0.3, 0.4) is 0 Å². The summed E-state index contributed by atoms with van der Waals surface area (Å²) in [5.41, 5.74) is 5.24. The van der Waals surface area contributed by atoms with Crippen molar-refractivity contribution in [2.45, 2.75) is 19.3 Å². The van der Waals surface area contributed by atoms with E-state index in [1.165, 1.54) is 16.7 Å². The predicted molar refractivity (Wildman–Crippen MR) is 74.7 cm³/mol. The molecule has 0 spiro atoms. The highest BCUT2D eigenvalue weighted by molar-refractivity contribution is 5.74. The van der Waals surface area contributed by atoms with Gasteiger partial charge in [-0.25, -0.2) is 5.48 Å². The SMILES string of the molecule is O=C(CCCc1ccc(-c2ccccc2)cc1)NO. The van der Waals surface area contributed by atoms with Gasteiger partial charge in [-0.15, -0.1) is 0 Å². The van der Waals surface area contributed by atoms with Crippen LogP contribution in [0.15, 0.2) is 54.6 Å². The summed E-state index contributed by atoms with van der Waals surface area (Å²) in [5.74, 6) is -0.332. The largest absolute Gasteiger partial charge is 0.289 e. The smallest absolute Gasteiger partial charge is 0.243 e. The number of hydroxylamine groups is 1. The number of carbonyl (C=O) groups is 1. The molecule has 0 fully saturated rings. The van der Waals surface area contributed by atoms with E-state index < -0.39 is 0 Å². The highest BCUT2D eigenvalue weighted by Crippen LogP contribution is 2.19. The molecule has 0 aromatic heterocycles. The number of carbonyl (C=O) groups excluding carboxylic acids is 1. The number of rotatable bonds is 5. The van der Waals surface area contributed by atoms with E-state index in [4.69, 9.17) is 5.21 Å². The minimum atomic E-state index is -0.332. The third kappa shape index (κ3) is 3.93. The van der Waals surface area contributed by atoms with E-state index in [1.807, 2.05) is 18.2 Å². The van der Waals surface area contributed by atoms with Crippen molar-refractivity contribution in [3.63, 3.8) is 0 Å². The van der Waals surface area contributed by atoms with Gasteiger partial charge in [-0.1, -0.05) is 54.6 Å².